The predicted octanol–water partition coefficient (Wildman–Crippen LogP) is 2.85. The number of methoxy groups -OCH3 is 1. The van der Waals surface area contributed by atoms with Crippen molar-refractivity contribution in [3.63, 3.8) is 0 Å². The average molecular weight is 304 g/mol. The Morgan fingerprint density at radius 3 is 2.77 bits per heavy atom. The first-order valence-electron chi connectivity index (χ1n) is 7.78. The van der Waals surface area contributed by atoms with Gasteiger partial charge in [-0.1, -0.05) is 36.4 Å². The third-order valence-corrected chi connectivity index (χ3v) is 4.15. The zero-order valence-electron chi connectivity index (χ0n) is 13.0. The minimum atomic E-state index is -0.268. The van der Waals surface area contributed by atoms with Crippen LogP contribution in [-0.4, -0.2) is 30.9 Å². The van der Waals surface area contributed by atoms with Gasteiger partial charge in [-0.25, -0.2) is 4.79 Å². The fourth-order valence-electron chi connectivity index (χ4n) is 2.88. The first kappa shape index (κ1) is 16.7. The van der Waals surface area contributed by atoms with E-state index < -0.39 is 0 Å². The number of benzene rings is 1. The lowest BCUT2D eigenvalue weighted by Crippen LogP contribution is -2.25. The molecule has 1 aliphatic rings. The van der Waals surface area contributed by atoms with Crippen molar-refractivity contribution in [1.29, 1.82) is 0 Å². The van der Waals surface area contributed by atoms with Gasteiger partial charge in [0.25, 0.3) is 0 Å². The molecule has 22 heavy (non-hydrogen) atoms. The minimum Gasteiger partial charge on any atom is -0.457 e. The fraction of sp³-hybridized carbons (Fsp3) is 0.500. The van der Waals surface area contributed by atoms with Crippen LogP contribution in [0.25, 0.3) is 0 Å². The molecule has 120 valence electrons. The number of hydrogen-bond acceptors (Lipinski definition) is 4. The van der Waals surface area contributed by atoms with Crippen molar-refractivity contribution in [3.05, 3.63) is 47.5 Å². The minimum absolute atomic E-state index is 0.0369. The molecule has 0 amide bonds. The van der Waals surface area contributed by atoms with Crippen LogP contribution in [0, 0.1) is 5.92 Å². The summed E-state index contributed by atoms with van der Waals surface area (Å²) in [4.78, 5) is 12.3. The van der Waals surface area contributed by atoms with E-state index >= 15 is 0 Å². The monoisotopic (exact) mass is 304 g/mol. The molecule has 2 rings (SSSR count). The van der Waals surface area contributed by atoms with Crippen LogP contribution in [0.1, 0.15) is 31.2 Å². The molecule has 0 fully saturated rings. The summed E-state index contributed by atoms with van der Waals surface area (Å²) < 4.78 is 10.9. The van der Waals surface area contributed by atoms with E-state index in [2.05, 4.69) is 0 Å². The van der Waals surface area contributed by atoms with Crippen molar-refractivity contribution in [2.45, 2.75) is 38.4 Å². The zero-order chi connectivity index (χ0) is 15.8. The molecule has 1 aromatic carbocycles. The molecule has 0 saturated carbocycles. The lowest BCUT2D eigenvalue weighted by Gasteiger charge is -2.23. The van der Waals surface area contributed by atoms with E-state index in [0.717, 1.165) is 18.4 Å². The first-order valence-corrected chi connectivity index (χ1v) is 7.78. The molecule has 1 N–H and O–H groups in total. The second-order valence-corrected chi connectivity index (χ2v) is 5.62. The number of esters is 1. The van der Waals surface area contributed by atoms with Crippen LogP contribution >= 0.6 is 0 Å². The molecule has 4 heteroatoms. The van der Waals surface area contributed by atoms with Crippen molar-refractivity contribution in [3.8, 4) is 0 Å². The number of hydrogen-bond donors (Lipinski definition) is 1. The van der Waals surface area contributed by atoms with Crippen molar-refractivity contribution < 1.29 is 19.4 Å². The maximum absolute atomic E-state index is 12.3. The van der Waals surface area contributed by atoms with Gasteiger partial charge in [0, 0.05) is 25.7 Å². The molecule has 2 atom stereocenters. The Balaban J connectivity index is 1.93. The second-order valence-electron chi connectivity index (χ2n) is 5.62. The van der Waals surface area contributed by atoms with E-state index in [4.69, 9.17) is 14.6 Å². The molecule has 0 radical (unpaired) electrons. The molecule has 1 aromatic rings. The van der Waals surface area contributed by atoms with Crippen LogP contribution in [0.15, 0.2) is 42.0 Å². The molecule has 0 spiro atoms. The molecule has 4 nitrogen and oxygen atoms in total. The Hall–Kier alpha value is -1.65. The molecule has 0 heterocycles. The van der Waals surface area contributed by atoms with Gasteiger partial charge in [-0.05, 0) is 30.7 Å². The summed E-state index contributed by atoms with van der Waals surface area (Å²) in [6.45, 7) is 0.438. The Bertz CT molecular complexity index is 495. The summed E-state index contributed by atoms with van der Waals surface area (Å²) in [6, 6.07) is 9.65. The first-order chi connectivity index (χ1) is 10.7. The standard InChI is InChI=1S/C18H24O4/c1-21-17-12-16(9-5-8-15(17)10-11-19)18(20)22-13-14-6-3-2-4-7-14/h2-4,6-7,9,15,17,19H,5,8,10-13H2,1H3. The third-order valence-electron chi connectivity index (χ3n) is 4.15. The van der Waals surface area contributed by atoms with Crippen LogP contribution in [0.3, 0.4) is 0 Å². The highest BCUT2D eigenvalue weighted by atomic mass is 16.5. The largest absolute Gasteiger partial charge is 0.457 e. The molecular formula is C18H24O4. The van der Waals surface area contributed by atoms with Gasteiger partial charge in [-0.15, -0.1) is 0 Å². The smallest absolute Gasteiger partial charge is 0.334 e. The second kappa shape index (κ2) is 8.71. The number of allylic oxidation sites excluding steroid dienone is 1. The Morgan fingerprint density at radius 2 is 2.09 bits per heavy atom. The molecular weight excluding hydrogens is 280 g/mol. The highest BCUT2D eigenvalue weighted by Gasteiger charge is 2.27. The number of ether oxygens (including phenoxy) is 2. The number of rotatable bonds is 6. The van der Waals surface area contributed by atoms with E-state index in [9.17, 15) is 4.79 Å². The molecule has 0 bridgehead atoms. The van der Waals surface area contributed by atoms with E-state index in [1.807, 2.05) is 36.4 Å². The summed E-state index contributed by atoms with van der Waals surface area (Å²) in [7, 11) is 1.66. The maximum atomic E-state index is 12.3. The van der Waals surface area contributed by atoms with Crippen molar-refractivity contribution in [2.24, 2.45) is 5.92 Å². The number of carbonyl (C=O) groups is 1. The third kappa shape index (κ3) is 4.68. The van der Waals surface area contributed by atoms with Gasteiger partial charge in [0.05, 0.1) is 6.10 Å². The van der Waals surface area contributed by atoms with Gasteiger partial charge in [0.1, 0.15) is 6.61 Å². The Morgan fingerprint density at radius 1 is 1.32 bits per heavy atom. The highest BCUT2D eigenvalue weighted by molar-refractivity contribution is 5.88. The van der Waals surface area contributed by atoms with Crippen LogP contribution in [-0.2, 0) is 20.9 Å². The van der Waals surface area contributed by atoms with E-state index in [-0.39, 0.29) is 31.2 Å². The summed E-state index contributed by atoms with van der Waals surface area (Å²) in [5.74, 6) is 0.0150. The summed E-state index contributed by atoms with van der Waals surface area (Å²) in [5.41, 5.74) is 1.66. The van der Waals surface area contributed by atoms with E-state index in [1.54, 1.807) is 7.11 Å². The van der Waals surface area contributed by atoms with Gasteiger partial charge in [-0.3, -0.25) is 0 Å². The Kier molecular flexibility index (Phi) is 6.62. The van der Waals surface area contributed by atoms with Crippen molar-refractivity contribution >= 4 is 5.97 Å². The van der Waals surface area contributed by atoms with Crippen molar-refractivity contribution in [2.75, 3.05) is 13.7 Å². The average Bonchev–Trinajstić information content (AvgIpc) is 2.76. The van der Waals surface area contributed by atoms with Crippen molar-refractivity contribution in [1.82, 2.24) is 0 Å². The molecule has 2 unspecified atom stereocenters. The number of aliphatic hydroxyl groups is 1. The predicted molar refractivity (Wildman–Crippen MR) is 84.2 cm³/mol. The van der Waals surface area contributed by atoms with Crippen LogP contribution in [0.4, 0.5) is 0 Å². The topological polar surface area (TPSA) is 55.8 Å². The summed E-state index contributed by atoms with van der Waals surface area (Å²) in [5, 5.41) is 9.14. The maximum Gasteiger partial charge on any atom is 0.334 e. The lowest BCUT2D eigenvalue weighted by molar-refractivity contribution is -0.140. The van der Waals surface area contributed by atoms with Crippen LogP contribution < -0.4 is 0 Å². The highest BCUT2D eigenvalue weighted by Crippen LogP contribution is 2.28. The summed E-state index contributed by atoms with van der Waals surface area (Å²) >= 11 is 0. The van der Waals surface area contributed by atoms with Crippen LogP contribution in [0.2, 0.25) is 0 Å². The summed E-state index contributed by atoms with van der Waals surface area (Å²) in [6.07, 6.45) is 4.92. The molecule has 1 aliphatic carbocycles. The van der Waals surface area contributed by atoms with E-state index in [1.165, 1.54) is 0 Å². The number of aliphatic hydroxyl groups excluding tert-OH is 1. The SMILES string of the molecule is COC1CC(C(=O)OCc2ccccc2)=CCCC1CCO. The van der Waals surface area contributed by atoms with E-state index in [0.29, 0.717) is 18.4 Å². The molecule has 0 saturated heterocycles. The van der Waals surface area contributed by atoms with Gasteiger partial charge in [-0.2, -0.15) is 0 Å². The quantitative estimate of drug-likeness (QED) is 0.821. The van der Waals surface area contributed by atoms with Gasteiger partial charge in [0.2, 0.25) is 0 Å². The number of carbonyl (C=O) groups excluding carboxylic acids is 1. The fourth-order valence-corrected chi connectivity index (χ4v) is 2.88. The van der Waals surface area contributed by atoms with Gasteiger partial charge >= 0.3 is 5.97 Å². The molecule has 0 aliphatic heterocycles. The molecule has 0 aromatic heterocycles. The van der Waals surface area contributed by atoms with Crippen LogP contribution in [0.5, 0.6) is 0 Å². The van der Waals surface area contributed by atoms with Gasteiger partial charge in [0.15, 0.2) is 0 Å². The lowest BCUT2D eigenvalue weighted by atomic mass is 9.93. The Labute approximate surface area is 131 Å². The van der Waals surface area contributed by atoms with Gasteiger partial charge < -0.3 is 14.6 Å². The zero-order valence-corrected chi connectivity index (χ0v) is 13.0. The normalized spacial score (nSPS) is 21.8.